The standard InChI is InChI=1S/C14H16N2O3S2/c1-3-19-14(18)9-7-8(2)21-13(9)16-12(17)11(15)10-5-4-6-20-10/h4-7,11H,3,15H2,1-2H3,(H,16,17). The molecule has 112 valence electrons. The zero-order valence-electron chi connectivity index (χ0n) is 11.7. The van der Waals surface area contributed by atoms with E-state index in [0.717, 1.165) is 9.75 Å². The first-order chi connectivity index (χ1) is 10.0. The number of carbonyl (C=O) groups excluding carboxylic acids is 2. The van der Waals surface area contributed by atoms with Gasteiger partial charge in [0.05, 0.1) is 12.2 Å². The van der Waals surface area contributed by atoms with Crippen molar-refractivity contribution < 1.29 is 14.3 Å². The fraction of sp³-hybridized carbons (Fsp3) is 0.286. The molecule has 1 atom stereocenters. The first-order valence-corrected chi connectivity index (χ1v) is 8.10. The van der Waals surface area contributed by atoms with Crippen molar-refractivity contribution in [2.45, 2.75) is 19.9 Å². The molecule has 0 aliphatic rings. The van der Waals surface area contributed by atoms with E-state index in [4.69, 9.17) is 10.5 Å². The molecule has 0 aliphatic carbocycles. The number of rotatable bonds is 5. The van der Waals surface area contributed by atoms with Crippen molar-refractivity contribution >= 4 is 39.6 Å². The summed E-state index contributed by atoms with van der Waals surface area (Å²) in [6.07, 6.45) is 0. The van der Waals surface area contributed by atoms with Crippen LogP contribution in [0.3, 0.4) is 0 Å². The number of amides is 1. The number of thiophene rings is 2. The number of aryl methyl sites for hydroxylation is 1. The molecule has 7 heteroatoms. The number of nitrogens with one attached hydrogen (secondary N) is 1. The van der Waals surface area contributed by atoms with Gasteiger partial charge in [-0.1, -0.05) is 6.07 Å². The largest absolute Gasteiger partial charge is 0.462 e. The molecular formula is C14H16N2O3S2. The SMILES string of the molecule is CCOC(=O)c1cc(C)sc1NC(=O)C(N)c1cccs1. The molecule has 0 spiro atoms. The Morgan fingerprint density at radius 2 is 2.24 bits per heavy atom. The number of hydrogen-bond acceptors (Lipinski definition) is 6. The number of hydrogen-bond donors (Lipinski definition) is 2. The number of ether oxygens (including phenoxy) is 1. The Morgan fingerprint density at radius 3 is 2.86 bits per heavy atom. The molecule has 0 fully saturated rings. The monoisotopic (exact) mass is 324 g/mol. The van der Waals surface area contributed by atoms with Gasteiger partial charge in [-0.15, -0.1) is 22.7 Å². The summed E-state index contributed by atoms with van der Waals surface area (Å²) in [6, 6.07) is 4.60. The Morgan fingerprint density at radius 1 is 1.48 bits per heavy atom. The van der Waals surface area contributed by atoms with Crippen molar-refractivity contribution in [1.82, 2.24) is 0 Å². The fourth-order valence-electron chi connectivity index (χ4n) is 1.75. The van der Waals surface area contributed by atoms with Crippen molar-refractivity contribution in [1.29, 1.82) is 0 Å². The molecule has 0 radical (unpaired) electrons. The van der Waals surface area contributed by atoms with Gasteiger partial charge in [-0.2, -0.15) is 0 Å². The molecule has 0 aromatic carbocycles. The van der Waals surface area contributed by atoms with Crippen LogP contribution in [0.5, 0.6) is 0 Å². The summed E-state index contributed by atoms with van der Waals surface area (Å²) in [5, 5.41) is 5.06. The van der Waals surface area contributed by atoms with Crippen LogP contribution in [0.25, 0.3) is 0 Å². The van der Waals surface area contributed by atoms with E-state index in [1.807, 2.05) is 18.4 Å². The Bertz CT molecular complexity index is 635. The molecule has 21 heavy (non-hydrogen) atoms. The fourth-order valence-corrected chi connectivity index (χ4v) is 3.38. The molecule has 2 heterocycles. The van der Waals surface area contributed by atoms with E-state index >= 15 is 0 Å². The second kappa shape index (κ2) is 6.84. The lowest BCUT2D eigenvalue weighted by Crippen LogP contribution is -2.27. The average molecular weight is 324 g/mol. The Labute approximate surface area is 130 Å². The highest BCUT2D eigenvalue weighted by Crippen LogP contribution is 2.29. The van der Waals surface area contributed by atoms with Crippen LogP contribution in [0.4, 0.5) is 5.00 Å². The van der Waals surface area contributed by atoms with E-state index in [9.17, 15) is 9.59 Å². The van der Waals surface area contributed by atoms with Crippen LogP contribution in [0, 0.1) is 6.92 Å². The highest BCUT2D eigenvalue weighted by atomic mass is 32.1. The summed E-state index contributed by atoms with van der Waals surface area (Å²) in [4.78, 5) is 25.7. The predicted octanol–water partition coefficient (Wildman–Crippen LogP) is 2.93. The average Bonchev–Trinajstić information content (AvgIpc) is 3.07. The molecule has 0 saturated heterocycles. The third kappa shape index (κ3) is 3.69. The second-order valence-electron chi connectivity index (χ2n) is 4.30. The molecule has 0 aliphatic heterocycles. The van der Waals surface area contributed by atoms with Gasteiger partial charge in [0, 0.05) is 9.75 Å². The second-order valence-corrected chi connectivity index (χ2v) is 6.54. The van der Waals surface area contributed by atoms with E-state index in [1.165, 1.54) is 22.7 Å². The smallest absolute Gasteiger partial charge is 0.341 e. The number of anilines is 1. The van der Waals surface area contributed by atoms with E-state index in [2.05, 4.69) is 5.32 Å². The van der Waals surface area contributed by atoms with Crippen LogP contribution in [0.2, 0.25) is 0 Å². The Kier molecular flexibility index (Phi) is 5.11. The maximum absolute atomic E-state index is 12.2. The summed E-state index contributed by atoms with van der Waals surface area (Å²) in [5.41, 5.74) is 6.28. The highest BCUT2D eigenvalue weighted by molar-refractivity contribution is 7.16. The Balaban J connectivity index is 2.16. The van der Waals surface area contributed by atoms with Crippen LogP contribution < -0.4 is 11.1 Å². The van der Waals surface area contributed by atoms with E-state index in [0.29, 0.717) is 10.6 Å². The summed E-state index contributed by atoms with van der Waals surface area (Å²) in [7, 11) is 0. The summed E-state index contributed by atoms with van der Waals surface area (Å²) in [6.45, 7) is 3.89. The molecule has 5 nitrogen and oxygen atoms in total. The van der Waals surface area contributed by atoms with Gasteiger partial charge in [0.25, 0.3) is 0 Å². The molecular weight excluding hydrogens is 308 g/mol. The van der Waals surface area contributed by atoms with Crippen LogP contribution in [0.15, 0.2) is 23.6 Å². The lowest BCUT2D eigenvalue weighted by molar-refractivity contribution is -0.117. The minimum absolute atomic E-state index is 0.288. The molecule has 2 aromatic rings. The van der Waals surface area contributed by atoms with Gasteiger partial charge in [0.15, 0.2) is 0 Å². The first kappa shape index (κ1) is 15.7. The first-order valence-electron chi connectivity index (χ1n) is 6.40. The third-order valence-corrected chi connectivity index (χ3v) is 4.64. The molecule has 0 saturated carbocycles. The van der Waals surface area contributed by atoms with Gasteiger partial charge in [-0.3, -0.25) is 4.79 Å². The van der Waals surface area contributed by atoms with Gasteiger partial charge >= 0.3 is 5.97 Å². The van der Waals surface area contributed by atoms with Gasteiger partial charge in [0.2, 0.25) is 5.91 Å². The minimum Gasteiger partial charge on any atom is -0.462 e. The highest BCUT2D eigenvalue weighted by Gasteiger charge is 2.22. The summed E-state index contributed by atoms with van der Waals surface area (Å²) < 4.78 is 4.98. The molecule has 2 aromatic heterocycles. The van der Waals surface area contributed by atoms with E-state index in [1.54, 1.807) is 19.1 Å². The van der Waals surface area contributed by atoms with Gasteiger partial charge in [-0.05, 0) is 31.4 Å². The van der Waals surface area contributed by atoms with Crippen LogP contribution in [-0.2, 0) is 9.53 Å². The summed E-state index contributed by atoms with van der Waals surface area (Å²) in [5.74, 6) is -0.785. The van der Waals surface area contributed by atoms with Crippen molar-refractivity contribution in [2.75, 3.05) is 11.9 Å². The van der Waals surface area contributed by atoms with Crippen LogP contribution in [-0.4, -0.2) is 18.5 Å². The zero-order valence-corrected chi connectivity index (χ0v) is 13.3. The Hall–Kier alpha value is -1.70. The molecule has 0 bridgehead atoms. The zero-order chi connectivity index (χ0) is 15.4. The normalized spacial score (nSPS) is 12.0. The van der Waals surface area contributed by atoms with E-state index < -0.39 is 12.0 Å². The van der Waals surface area contributed by atoms with Gasteiger partial charge in [0.1, 0.15) is 11.0 Å². The number of carbonyl (C=O) groups is 2. The van der Waals surface area contributed by atoms with Crippen molar-refractivity contribution in [3.05, 3.63) is 38.9 Å². The lowest BCUT2D eigenvalue weighted by atomic mass is 10.2. The van der Waals surface area contributed by atoms with Crippen LogP contribution in [0.1, 0.15) is 33.1 Å². The van der Waals surface area contributed by atoms with Gasteiger partial charge in [-0.25, -0.2) is 4.79 Å². The predicted molar refractivity (Wildman–Crippen MR) is 84.9 cm³/mol. The van der Waals surface area contributed by atoms with Crippen molar-refractivity contribution in [3.8, 4) is 0 Å². The van der Waals surface area contributed by atoms with Crippen molar-refractivity contribution in [2.24, 2.45) is 5.73 Å². The molecule has 1 unspecified atom stereocenters. The van der Waals surface area contributed by atoms with Crippen LogP contribution >= 0.6 is 22.7 Å². The quantitative estimate of drug-likeness (QED) is 0.829. The number of esters is 1. The molecule has 2 rings (SSSR count). The number of nitrogens with two attached hydrogens (primary N) is 1. The summed E-state index contributed by atoms with van der Waals surface area (Å²) >= 11 is 2.75. The topological polar surface area (TPSA) is 81.4 Å². The van der Waals surface area contributed by atoms with Gasteiger partial charge < -0.3 is 15.8 Å². The molecule has 3 N–H and O–H groups in total. The molecule has 1 amide bonds. The third-order valence-electron chi connectivity index (χ3n) is 2.72. The van der Waals surface area contributed by atoms with Crippen molar-refractivity contribution in [3.63, 3.8) is 0 Å². The van der Waals surface area contributed by atoms with E-state index in [-0.39, 0.29) is 12.5 Å². The maximum atomic E-state index is 12.2. The lowest BCUT2D eigenvalue weighted by Gasteiger charge is -2.10. The minimum atomic E-state index is -0.748. The maximum Gasteiger partial charge on any atom is 0.341 e.